The number of carbonyl (C=O) groups is 1. The van der Waals surface area contributed by atoms with E-state index in [1.165, 1.54) is 0 Å². The number of hydrogen-bond acceptors (Lipinski definition) is 4. The van der Waals surface area contributed by atoms with Crippen molar-refractivity contribution in [2.75, 3.05) is 6.61 Å². The van der Waals surface area contributed by atoms with Crippen LogP contribution in [-0.4, -0.2) is 23.8 Å². The Morgan fingerprint density at radius 1 is 1.16 bits per heavy atom. The summed E-state index contributed by atoms with van der Waals surface area (Å²) in [6.07, 6.45) is 3.27. The maximum absolute atomic E-state index is 10.2. The average molecular weight is 265 g/mol. The van der Waals surface area contributed by atoms with Crippen molar-refractivity contribution >= 4 is 5.97 Å². The molecule has 0 aliphatic carbocycles. The molecule has 19 heavy (non-hydrogen) atoms. The molecule has 0 amide bonds. The largest absolute Gasteiger partial charge is 0.550 e. The number of unbranched alkanes of at least 4 members (excludes halogenated alkanes) is 3. The number of carboxylic acid groups (broad SMARTS) is 1. The number of benzene rings is 1. The van der Waals surface area contributed by atoms with Crippen molar-refractivity contribution < 1.29 is 19.7 Å². The van der Waals surface area contributed by atoms with Crippen LogP contribution in [0.3, 0.4) is 0 Å². The standard InChI is InChI=1S/C15H22O4/c16-13(12-15(17)18)8-4-1-2-7-11-19-14-9-5-3-6-10-14/h3,5-6,9-10,13,16H,1-2,4,7-8,11-12H2,(H,17,18)/p-1. The number of aliphatic hydroxyl groups is 1. The van der Waals surface area contributed by atoms with E-state index in [0.29, 0.717) is 13.0 Å². The fraction of sp³-hybridized carbons (Fsp3) is 0.533. The van der Waals surface area contributed by atoms with Crippen molar-refractivity contribution in [2.45, 2.75) is 44.6 Å². The topological polar surface area (TPSA) is 69.6 Å². The van der Waals surface area contributed by atoms with E-state index in [-0.39, 0.29) is 6.42 Å². The van der Waals surface area contributed by atoms with Crippen LogP contribution in [0.4, 0.5) is 0 Å². The fourth-order valence-corrected chi connectivity index (χ4v) is 1.84. The predicted octanol–water partition coefficient (Wildman–Crippen LogP) is 1.52. The molecule has 1 N–H and O–H groups in total. The van der Waals surface area contributed by atoms with Gasteiger partial charge in [0.15, 0.2) is 0 Å². The second-order valence-corrected chi connectivity index (χ2v) is 4.59. The van der Waals surface area contributed by atoms with Gasteiger partial charge in [0.25, 0.3) is 0 Å². The van der Waals surface area contributed by atoms with Crippen molar-refractivity contribution in [1.82, 2.24) is 0 Å². The second-order valence-electron chi connectivity index (χ2n) is 4.59. The van der Waals surface area contributed by atoms with Crippen LogP contribution in [0, 0.1) is 0 Å². The summed E-state index contributed by atoms with van der Waals surface area (Å²) in [6.45, 7) is 0.686. The van der Waals surface area contributed by atoms with Crippen molar-refractivity contribution in [1.29, 1.82) is 0 Å². The van der Waals surface area contributed by atoms with Gasteiger partial charge in [-0.05, 0) is 25.0 Å². The lowest BCUT2D eigenvalue weighted by Crippen LogP contribution is -2.27. The van der Waals surface area contributed by atoms with Gasteiger partial charge < -0.3 is 19.7 Å². The molecule has 0 fully saturated rings. The fourth-order valence-electron chi connectivity index (χ4n) is 1.84. The van der Waals surface area contributed by atoms with Crippen LogP contribution in [0.15, 0.2) is 30.3 Å². The summed E-state index contributed by atoms with van der Waals surface area (Å²) in [6, 6.07) is 9.68. The van der Waals surface area contributed by atoms with Crippen molar-refractivity contribution in [3.63, 3.8) is 0 Å². The van der Waals surface area contributed by atoms with Crippen molar-refractivity contribution in [2.24, 2.45) is 0 Å². The van der Waals surface area contributed by atoms with Crippen LogP contribution >= 0.6 is 0 Å². The van der Waals surface area contributed by atoms with E-state index >= 15 is 0 Å². The molecule has 0 saturated carbocycles. The third-order valence-electron chi connectivity index (χ3n) is 2.85. The molecule has 1 unspecified atom stereocenters. The number of para-hydroxylation sites is 1. The van der Waals surface area contributed by atoms with Gasteiger partial charge in [-0.25, -0.2) is 0 Å². The molecule has 1 aromatic rings. The lowest BCUT2D eigenvalue weighted by Gasteiger charge is -2.10. The van der Waals surface area contributed by atoms with E-state index in [4.69, 9.17) is 4.74 Å². The third kappa shape index (κ3) is 8.21. The first-order valence-corrected chi connectivity index (χ1v) is 6.74. The predicted molar refractivity (Wildman–Crippen MR) is 70.7 cm³/mol. The quantitative estimate of drug-likeness (QED) is 0.651. The van der Waals surface area contributed by atoms with Crippen LogP contribution in [0.1, 0.15) is 38.5 Å². The maximum atomic E-state index is 10.2. The summed E-state index contributed by atoms with van der Waals surface area (Å²) in [5, 5.41) is 19.6. The van der Waals surface area contributed by atoms with Crippen molar-refractivity contribution in [3.05, 3.63) is 30.3 Å². The number of aliphatic hydroxyl groups excluding tert-OH is 1. The van der Waals surface area contributed by atoms with Gasteiger partial charge in [0.05, 0.1) is 12.7 Å². The monoisotopic (exact) mass is 265 g/mol. The Labute approximate surface area is 114 Å². The van der Waals surface area contributed by atoms with E-state index < -0.39 is 12.1 Å². The Hall–Kier alpha value is -1.55. The Kier molecular flexibility index (Phi) is 7.66. The number of carbonyl (C=O) groups excluding carboxylic acids is 1. The number of ether oxygens (including phenoxy) is 1. The minimum atomic E-state index is -1.19. The molecule has 4 heteroatoms. The minimum Gasteiger partial charge on any atom is -0.550 e. The van der Waals surface area contributed by atoms with Gasteiger partial charge in [0.2, 0.25) is 0 Å². The summed E-state index contributed by atoms with van der Waals surface area (Å²) >= 11 is 0. The van der Waals surface area contributed by atoms with Gasteiger partial charge in [0, 0.05) is 12.4 Å². The number of carboxylic acids is 1. The summed E-state index contributed by atoms with van der Waals surface area (Å²) < 4.78 is 5.55. The zero-order chi connectivity index (χ0) is 13.9. The summed E-state index contributed by atoms with van der Waals surface area (Å²) in [7, 11) is 0. The Bertz CT molecular complexity index is 350. The van der Waals surface area contributed by atoms with Gasteiger partial charge in [-0.2, -0.15) is 0 Å². The Balaban J connectivity index is 1.93. The minimum absolute atomic E-state index is 0.267. The molecule has 0 aliphatic heterocycles. The third-order valence-corrected chi connectivity index (χ3v) is 2.85. The summed E-state index contributed by atoms with van der Waals surface area (Å²) in [5.41, 5.74) is 0. The van der Waals surface area contributed by atoms with Gasteiger partial charge in [0.1, 0.15) is 5.75 Å². The Morgan fingerprint density at radius 2 is 1.84 bits per heavy atom. The van der Waals surface area contributed by atoms with Crippen LogP contribution in [0.5, 0.6) is 5.75 Å². The highest BCUT2D eigenvalue weighted by Crippen LogP contribution is 2.11. The van der Waals surface area contributed by atoms with Crippen molar-refractivity contribution in [3.8, 4) is 5.75 Å². The van der Waals surface area contributed by atoms with Crippen LogP contribution < -0.4 is 9.84 Å². The zero-order valence-corrected chi connectivity index (χ0v) is 11.1. The van der Waals surface area contributed by atoms with E-state index in [2.05, 4.69) is 0 Å². The normalized spacial score (nSPS) is 12.1. The summed E-state index contributed by atoms with van der Waals surface area (Å²) in [4.78, 5) is 10.2. The average Bonchev–Trinajstić information content (AvgIpc) is 2.38. The molecule has 4 nitrogen and oxygen atoms in total. The highest BCUT2D eigenvalue weighted by atomic mass is 16.5. The van der Waals surface area contributed by atoms with E-state index in [1.54, 1.807) is 0 Å². The molecule has 1 rings (SSSR count). The number of aliphatic carboxylic acids is 1. The SMILES string of the molecule is O=C([O-])CC(O)CCCCCCOc1ccccc1. The van der Waals surface area contributed by atoms with E-state index in [1.807, 2.05) is 30.3 Å². The van der Waals surface area contributed by atoms with Crippen LogP contribution in [0.2, 0.25) is 0 Å². The zero-order valence-electron chi connectivity index (χ0n) is 11.1. The van der Waals surface area contributed by atoms with E-state index in [0.717, 1.165) is 31.4 Å². The molecular formula is C15H21O4-. The maximum Gasteiger partial charge on any atom is 0.119 e. The van der Waals surface area contributed by atoms with Gasteiger partial charge >= 0.3 is 0 Å². The molecule has 0 saturated heterocycles. The first kappa shape index (κ1) is 15.5. The molecule has 0 aromatic heterocycles. The van der Waals surface area contributed by atoms with Gasteiger partial charge in [-0.3, -0.25) is 0 Å². The first-order valence-electron chi connectivity index (χ1n) is 6.74. The number of rotatable bonds is 10. The van der Waals surface area contributed by atoms with E-state index in [9.17, 15) is 15.0 Å². The lowest BCUT2D eigenvalue weighted by molar-refractivity contribution is -0.307. The first-order chi connectivity index (χ1) is 9.18. The molecular weight excluding hydrogens is 244 g/mol. The van der Waals surface area contributed by atoms with Gasteiger partial charge in [-0.15, -0.1) is 0 Å². The second kappa shape index (κ2) is 9.39. The Morgan fingerprint density at radius 3 is 2.53 bits per heavy atom. The van der Waals surface area contributed by atoms with Gasteiger partial charge in [-0.1, -0.05) is 37.5 Å². The number of hydrogen-bond donors (Lipinski definition) is 1. The smallest absolute Gasteiger partial charge is 0.119 e. The molecule has 106 valence electrons. The molecule has 0 aliphatic rings. The highest BCUT2D eigenvalue weighted by molar-refractivity contribution is 5.64. The molecule has 0 spiro atoms. The molecule has 1 atom stereocenters. The lowest BCUT2D eigenvalue weighted by atomic mass is 10.1. The summed E-state index contributed by atoms with van der Waals surface area (Å²) in [5.74, 6) is -0.310. The van der Waals surface area contributed by atoms with Crippen LogP contribution in [0.25, 0.3) is 0 Å². The van der Waals surface area contributed by atoms with Crippen LogP contribution in [-0.2, 0) is 4.79 Å². The highest BCUT2D eigenvalue weighted by Gasteiger charge is 2.03. The molecule has 0 radical (unpaired) electrons. The molecule has 1 aromatic carbocycles. The molecule has 0 heterocycles. The molecule has 0 bridgehead atoms.